The first-order valence-corrected chi connectivity index (χ1v) is 5.71. The maximum atomic E-state index is 11.6. The van der Waals surface area contributed by atoms with E-state index >= 15 is 0 Å². The third-order valence-corrected chi connectivity index (χ3v) is 2.62. The quantitative estimate of drug-likeness (QED) is 0.796. The van der Waals surface area contributed by atoms with Gasteiger partial charge in [-0.15, -0.1) is 0 Å². The van der Waals surface area contributed by atoms with E-state index < -0.39 is 11.9 Å². The Kier molecular flexibility index (Phi) is 5.20. The molecule has 0 aliphatic rings. The number of carboxylic acid groups (broad SMARTS) is 1. The van der Waals surface area contributed by atoms with Crippen molar-refractivity contribution in [2.45, 2.75) is 26.2 Å². The second-order valence-corrected chi connectivity index (χ2v) is 3.90. The third-order valence-electron chi connectivity index (χ3n) is 2.62. The van der Waals surface area contributed by atoms with Gasteiger partial charge in [0.05, 0.1) is 5.92 Å². The summed E-state index contributed by atoms with van der Waals surface area (Å²) in [6.45, 7) is 1.81. The van der Waals surface area contributed by atoms with Gasteiger partial charge in [-0.05, 0) is 25.0 Å². The molecule has 1 unspecified atom stereocenters. The van der Waals surface area contributed by atoms with Crippen LogP contribution in [0.3, 0.4) is 0 Å². The molecule has 1 rings (SSSR count). The predicted octanol–water partition coefficient (Wildman–Crippen LogP) is 2.52. The molecule has 1 amide bonds. The number of hydrogen-bond acceptors (Lipinski definition) is 2. The van der Waals surface area contributed by atoms with Crippen LogP contribution >= 0.6 is 0 Å². The molecule has 0 aliphatic heterocycles. The van der Waals surface area contributed by atoms with Crippen LogP contribution < -0.4 is 5.32 Å². The van der Waals surface area contributed by atoms with Crippen LogP contribution in [-0.2, 0) is 9.59 Å². The Balaban J connectivity index is 2.38. The van der Waals surface area contributed by atoms with Gasteiger partial charge in [0.1, 0.15) is 0 Å². The number of rotatable bonds is 6. The van der Waals surface area contributed by atoms with Crippen LogP contribution in [0, 0.1) is 5.92 Å². The molecule has 1 aromatic carbocycles. The lowest BCUT2D eigenvalue weighted by Gasteiger charge is -2.09. The van der Waals surface area contributed by atoms with Crippen molar-refractivity contribution in [2.24, 2.45) is 5.92 Å². The van der Waals surface area contributed by atoms with E-state index in [0.717, 1.165) is 5.69 Å². The van der Waals surface area contributed by atoms with Gasteiger partial charge in [-0.1, -0.05) is 25.1 Å². The highest BCUT2D eigenvalue weighted by atomic mass is 16.4. The van der Waals surface area contributed by atoms with Gasteiger partial charge in [-0.2, -0.15) is 0 Å². The highest BCUT2D eigenvalue weighted by Gasteiger charge is 2.16. The van der Waals surface area contributed by atoms with Crippen molar-refractivity contribution in [1.29, 1.82) is 0 Å². The summed E-state index contributed by atoms with van der Waals surface area (Å²) in [5.74, 6) is -1.41. The number of benzene rings is 1. The van der Waals surface area contributed by atoms with Crippen molar-refractivity contribution >= 4 is 17.6 Å². The summed E-state index contributed by atoms with van der Waals surface area (Å²) in [5.41, 5.74) is 0.737. The van der Waals surface area contributed by atoms with E-state index in [4.69, 9.17) is 5.11 Å². The van der Waals surface area contributed by atoms with Gasteiger partial charge in [0.25, 0.3) is 0 Å². The standard InChI is InChI=1S/C13H17NO3/c1-2-10(13(16)17)8-9-12(15)14-11-6-4-3-5-7-11/h3-7,10H,2,8-9H2,1H3,(H,14,15)(H,16,17). The summed E-state index contributed by atoms with van der Waals surface area (Å²) in [5, 5.41) is 11.6. The maximum absolute atomic E-state index is 11.6. The van der Waals surface area contributed by atoms with Gasteiger partial charge < -0.3 is 10.4 Å². The number of anilines is 1. The topological polar surface area (TPSA) is 66.4 Å². The van der Waals surface area contributed by atoms with Crippen LogP contribution in [0.5, 0.6) is 0 Å². The van der Waals surface area contributed by atoms with Crippen molar-refractivity contribution < 1.29 is 14.7 Å². The highest BCUT2D eigenvalue weighted by molar-refractivity contribution is 5.90. The number of hydrogen-bond donors (Lipinski definition) is 2. The number of nitrogens with one attached hydrogen (secondary N) is 1. The second-order valence-electron chi connectivity index (χ2n) is 3.90. The summed E-state index contributed by atoms with van der Waals surface area (Å²) in [4.78, 5) is 22.3. The number of amides is 1. The summed E-state index contributed by atoms with van der Waals surface area (Å²) in [6, 6.07) is 9.13. The fraction of sp³-hybridized carbons (Fsp3) is 0.385. The van der Waals surface area contributed by atoms with Gasteiger partial charge in [-0.25, -0.2) is 0 Å². The second kappa shape index (κ2) is 6.68. The summed E-state index contributed by atoms with van der Waals surface area (Å²) in [6.07, 6.45) is 1.16. The van der Waals surface area contributed by atoms with E-state index in [2.05, 4.69) is 5.32 Å². The van der Waals surface area contributed by atoms with E-state index in [1.165, 1.54) is 0 Å². The Morgan fingerprint density at radius 1 is 1.29 bits per heavy atom. The highest BCUT2D eigenvalue weighted by Crippen LogP contribution is 2.12. The van der Waals surface area contributed by atoms with Crippen LogP contribution in [0.4, 0.5) is 5.69 Å². The van der Waals surface area contributed by atoms with Crippen LogP contribution in [0.15, 0.2) is 30.3 Å². The molecule has 4 heteroatoms. The van der Waals surface area contributed by atoms with Gasteiger partial charge in [0.15, 0.2) is 0 Å². The molecule has 92 valence electrons. The molecule has 0 aliphatic carbocycles. The fourth-order valence-corrected chi connectivity index (χ4v) is 1.55. The monoisotopic (exact) mass is 235 g/mol. The zero-order valence-electron chi connectivity index (χ0n) is 9.85. The van der Waals surface area contributed by atoms with E-state index in [1.54, 1.807) is 12.1 Å². The SMILES string of the molecule is CCC(CCC(=O)Nc1ccccc1)C(=O)O. The lowest BCUT2D eigenvalue weighted by molar-refractivity contribution is -0.142. The predicted molar refractivity (Wildman–Crippen MR) is 65.7 cm³/mol. The molecule has 1 atom stereocenters. The normalized spacial score (nSPS) is 11.8. The van der Waals surface area contributed by atoms with Crippen LogP contribution in [0.2, 0.25) is 0 Å². The lowest BCUT2D eigenvalue weighted by atomic mass is 10.0. The van der Waals surface area contributed by atoms with Crippen LogP contribution in [0.1, 0.15) is 26.2 Å². The van der Waals surface area contributed by atoms with E-state index in [1.807, 2.05) is 25.1 Å². The molecule has 2 N–H and O–H groups in total. The van der Waals surface area contributed by atoms with Crippen molar-refractivity contribution in [3.63, 3.8) is 0 Å². The summed E-state index contributed by atoms with van der Waals surface area (Å²) < 4.78 is 0. The lowest BCUT2D eigenvalue weighted by Crippen LogP contribution is -2.17. The van der Waals surface area contributed by atoms with E-state index in [9.17, 15) is 9.59 Å². The Labute approximate surface area is 101 Å². The summed E-state index contributed by atoms with van der Waals surface area (Å²) in [7, 11) is 0. The molecule has 0 bridgehead atoms. The van der Waals surface area contributed by atoms with E-state index in [0.29, 0.717) is 12.8 Å². The number of para-hydroxylation sites is 1. The minimum atomic E-state index is -0.833. The smallest absolute Gasteiger partial charge is 0.306 e. The number of aliphatic carboxylic acids is 1. The van der Waals surface area contributed by atoms with Gasteiger partial charge in [0.2, 0.25) is 5.91 Å². The molecule has 0 saturated heterocycles. The minimum absolute atomic E-state index is 0.143. The number of carboxylic acids is 1. The molecule has 1 aromatic rings. The largest absolute Gasteiger partial charge is 0.481 e. The zero-order chi connectivity index (χ0) is 12.7. The molecule has 0 saturated carbocycles. The first kappa shape index (κ1) is 13.2. The Hall–Kier alpha value is -1.84. The van der Waals surface area contributed by atoms with Crippen LogP contribution in [0.25, 0.3) is 0 Å². The van der Waals surface area contributed by atoms with Crippen molar-refractivity contribution in [3.05, 3.63) is 30.3 Å². The first-order chi connectivity index (χ1) is 8.13. The fourth-order valence-electron chi connectivity index (χ4n) is 1.55. The first-order valence-electron chi connectivity index (χ1n) is 5.71. The van der Waals surface area contributed by atoms with Crippen LogP contribution in [-0.4, -0.2) is 17.0 Å². The van der Waals surface area contributed by atoms with Gasteiger partial charge in [0, 0.05) is 12.1 Å². The molecule has 4 nitrogen and oxygen atoms in total. The van der Waals surface area contributed by atoms with Crippen molar-refractivity contribution in [2.75, 3.05) is 5.32 Å². The van der Waals surface area contributed by atoms with Crippen molar-refractivity contribution in [3.8, 4) is 0 Å². The Morgan fingerprint density at radius 2 is 1.94 bits per heavy atom. The minimum Gasteiger partial charge on any atom is -0.481 e. The molecule has 0 fully saturated rings. The van der Waals surface area contributed by atoms with Crippen molar-refractivity contribution in [1.82, 2.24) is 0 Å². The van der Waals surface area contributed by atoms with Gasteiger partial charge in [-0.3, -0.25) is 9.59 Å². The molecule has 0 spiro atoms. The number of carbonyl (C=O) groups excluding carboxylic acids is 1. The maximum Gasteiger partial charge on any atom is 0.306 e. The number of carbonyl (C=O) groups is 2. The molecule has 0 aromatic heterocycles. The molecular formula is C13H17NO3. The molecule has 17 heavy (non-hydrogen) atoms. The molecular weight excluding hydrogens is 218 g/mol. The average molecular weight is 235 g/mol. The molecule has 0 heterocycles. The molecule has 0 radical (unpaired) electrons. The average Bonchev–Trinajstić information content (AvgIpc) is 2.30. The Bertz CT molecular complexity index is 376. The zero-order valence-corrected chi connectivity index (χ0v) is 9.85. The summed E-state index contributed by atoms with van der Waals surface area (Å²) >= 11 is 0. The van der Waals surface area contributed by atoms with E-state index in [-0.39, 0.29) is 12.3 Å². The van der Waals surface area contributed by atoms with Gasteiger partial charge >= 0.3 is 5.97 Å². The Morgan fingerprint density at radius 3 is 2.47 bits per heavy atom. The third kappa shape index (κ3) is 4.68.